The number of nitrogens with zero attached hydrogens (tertiary/aromatic N) is 1. The van der Waals surface area contributed by atoms with Crippen LogP contribution >= 0.6 is 11.8 Å². The van der Waals surface area contributed by atoms with Crippen molar-refractivity contribution < 1.29 is 14.3 Å². The second kappa shape index (κ2) is 10.2. The molecule has 6 heteroatoms. The van der Waals surface area contributed by atoms with Crippen molar-refractivity contribution in [1.82, 2.24) is 4.90 Å². The molecule has 1 N–H and O–H groups in total. The maximum atomic E-state index is 12.4. The SMILES string of the molecule is COc1cc(NC(=O)CC[C@H]2CCCN(C3CCSCC3)C2)cc(OC)c1. The van der Waals surface area contributed by atoms with Crippen molar-refractivity contribution in [2.45, 2.75) is 44.6 Å². The number of methoxy groups -OCH3 is 2. The first-order valence-electron chi connectivity index (χ1n) is 10.0. The zero-order chi connectivity index (χ0) is 19.1. The smallest absolute Gasteiger partial charge is 0.224 e. The van der Waals surface area contributed by atoms with E-state index in [0.717, 1.165) is 24.7 Å². The number of piperidine rings is 1. The van der Waals surface area contributed by atoms with Gasteiger partial charge in [0.15, 0.2) is 0 Å². The van der Waals surface area contributed by atoms with Gasteiger partial charge in [-0.05, 0) is 56.1 Å². The van der Waals surface area contributed by atoms with Crippen LogP contribution in [0, 0.1) is 5.92 Å². The molecule has 0 bridgehead atoms. The lowest BCUT2D eigenvalue weighted by atomic mass is 9.91. The Balaban J connectivity index is 1.47. The highest BCUT2D eigenvalue weighted by Crippen LogP contribution is 2.29. The summed E-state index contributed by atoms with van der Waals surface area (Å²) >= 11 is 2.09. The Hall–Kier alpha value is -1.40. The van der Waals surface area contributed by atoms with Gasteiger partial charge in [0.1, 0.15) is 11.5 Å². The van der Waals surface area contributed by atoms with Crippen LogP contribution < -0.4 is 14.8 Å². The first-order valence-corrected chi connectivity index (χ1v) is 11.2. The molecule has 0 spiro atoms. The summed E-state index contributed by atoms with van der Waals surface area (Å²) in [5.74, 6) is 4.67. The van der Waals surface area contributed by atoms with Gasteiger partial charge in [-0.25, -0.2) is 0 Å². The second-order valence-corrected chi connectivity index (χ2v) is 8.76. The van der Waals surface area contributed by atoms with E-state index in [1.807, 2.05) is 12.1 Å². The van der Waals surface area contributed by atoms with E-state index < -0.39 is 0 Å². The summed E-state index contributed by atoms with van der Waals surface area (Å²) in [6.07, 6.45) is 6.70. The third-order valence-corrected chi connectivity index (χ3v) is 6.72. The molecule has 27 heavy (non-hydrogen) atoms. The highest BCUT2D eigenvalue weighted by atomic mass is 32.2. The van der Waals surface area contributed by atoms with Crippen LogP contribution in [-0.2, 0) is 4.79 Å². The fourth-order valence-corrected chi connectivity index (χ4v) is 5.23. The highest BCUT2D eigenvalue weighted by Gasteiger charge is 2.27. The topological polar surface area (TPSA) is 50.8 Å². The van der Waals surface area contributed by atoms with Crippen LogP contribution in [0.4, 0.5) is 5.69 Å². The maximum Gasteiger partial charge on any atom is 0.224 e. The van der Waals surface area contributed by atoms with E-state index >= 15 is 0 Å². The molecule has 0 saturated carbocycles. The van der Waals surface area contributed by atoms with E-state index in [-0.39, 0.29) is 5.91 Å². The molecule has 1 atom stereocenters. The van der Waals surface area contributed by atoms with Crippen LogP contribution in [-0.4, -0.2) is 55.7 Å². The predicted octanol–water partition coefficient (Wildman–Crippen LogP) is 4.03. The van der Waals surface area contributed by atoms with Gasteiger partial charge < -0.3 is 19.7 Å². The number of hydrogen-bond acceptors (Lipinski definition) is 5. The van der Waals surface area contributed by atoms with E-state index in [2.05, 4.69) is 22.0 Å². The van der Waals surface area contributed by atoms with Gasteiger partial charge >= 0.3 is 0 Å². The van der Waals surface area contributed by atoms with Crippen molar-refractivity contribution in [3.05, 3.63) is 18.2 Å². The summed E-state index contributed by atoms with van der Waals surface area (Å²) in [5, 5.41) is 2.99. The molecule has 0 unspecified atom stereocenters. The lowest BCUT2D eigenvalue weighted by Crippen LogP contribution is -2.44. The third-order valence-electron chi connectivity index (χ3n) is 5.67. The second-order valence-electron chi connectivity index (χ2n) is 7.53. The van der Waals surface area contributed by atoms with Crippen LogP contribution in [0.25, 0.3) is 0 Å². The monoisotopic (exact) mass is 392 g/mol. The Labute approximate surface area is 167 Å². The summed E-state index contributed by atoms with van der Waals surface area (Å²) in [7, 11) is 3.22. The molecule has 1 amide bonds. The van der Waals surface area contributed by atoms with E-state index in [1.165, 1.54) is 43.7 Å². The molecular weight excluding hydrogens is 360 g/mol. The Morgan fingerprint density at radius 2 is 1.85 bits per heavy atom. The summed E-state index contributed by atoms with van der Waals surface area (Å²) in [4.78, 5) is 15.1. The molecule has 1 aromatic carbocycles. The van der Waals surface area contributed by atoms with Gasteiger partial charge in [0.05, 0.1) is 14.2 Å². The minimum atomic E-state index is 0.0662. The first-order chi connectivity index (χ1) is 13.2. The van der Waals surface area contributed by atoms with Crippen LogP contribution in [0.15, 0.2) is 18.2 Å². The summed E-state index contributed by atoms with van der Waals surface area (Å²) in [5.41, 5.74) is 0.723. The van der Waals surface area contributed by atoms with Crippen molar-refractivity contribution in [2.24, 2.45) is 5.92 Å². The number of benzene rings is 1. The molecule has 2 heterocycles. The van der Waals surface area contributed by atoms with Gasteiger partial charge in [-0.15, -0.1) is 0 Å². The van der Waals surface area contributed by atoms with E-state index in [9.17, 15) is 4.79 Å². The van der Waals surface area contributed by atoms with Gasteiger partial charge in [0, 0.05) is 42.9 Å². The number of anilines is 1. The average Bonchev–Trinajstić information content (AvgIpc) is 2.72. The molecule has 3 rings (SSSR count). The number of amides is 1. The lowest BCUT2D eigenvalue weighted by Gasteiger charge is -2.40. The van der Waals surface area contributed by atoms with E-state index in [0.29, 0.717) is 23.8 Å². The average molecular weight is 393 g/mol. The number of nitrogens with one attached hydrogen (secondary N) is 1. The molecular formula is C21H32N2O3S. The van der Waals surface area contributed by atoms with E-state index in [1.54, 1.807) is 20.3 Å². The van der Waals surface area contributed by atoms with Gasteiger partial charge in [0.2, 0.25) is 5.91 Å². The molecule has 2 fully saturated rings. The Morgan fingerprint density at radius 3 is 2.52 bits per heavy atom. The lowest BCUT2D eigenvalue weighted by molar-refractivity contribution is -0.116. The van der Waals surface area contributed by atoms with Crippen LogP contribution in [0.5, 0.6) is 11.5 Å². The van der Waals surface area contributed by atoms with Crippen LogP contribution in [0.2, 0.25) is 0 Å². The Morgan fingerprint density at radius 1 is 1.15 bits per heavy atom. The Bertz CT molecular complexity index is 597. The molecule has 1 aromatic rings. The number of ether oxygens (including phenoxy) is 2. The summed E-state index contributed by atoms with van der Waals surface area (Å²) in [6, 6.07) is 6.22. The number of carbonyl (C=O) groups is 1. The molecule has 2 aliphatic heterocycles. The summed E-state index contributed by atoms with van der Waals surface area (Å²) in [6.45, 7) is 2.40. The number of thioether (sulfide) groups is 1. The molecule has 2 aliphatic rings. The third kappa shape index (κ3) is 6.04. The quantitative estimate of drug-likeness (QED) is 0.759. The molecule has 2 saturated heterocycles. The van der Waals surface area contributed by atoms with Crippen molar-refractivity contribution in [1.29, 1.82) is 0 Å². The molecule has 0 aliphatic carbocycles. The van der Waals surface area contributed by atoms with Crippen LogP contribution in [0.3, 0.4) is 0 Å². The largest absolute Gasteiger partial charge is 0.497 e. The zero-order valence-corrected chi connectivity index (χ0v) is 17.4. The maximum absolute atomic E-state index is 12.4. The first kappa shape index (κ1) is 20.3. The van der Waals surface area contributed by atoms with Gasteiger partial charge in [-0.3, -0.25) is 4.79 Å². The van der Waals surface area contributed by atoms with Crippen molar-refractivity contribution in [3.63, 3.8) is 0 Å². The minimum absolute atomic E-state index is 0.0662. The van der Waals surface area contributed by atoms with E-state index in [4.69, 9.17) is 9.47 Å². The molecule has 0 radical (unpaired) electrons. The highest BCUT2D eigenvalue weighted by molar-refractivity contribution is 7.99. The van der Waals surface area contributed by atoms with Crippen LogP contribution in [0.1, 0.15) is 38.5 Å². The molecule has 5 nitrogen and oxygen atoms in total. The fraction of sp³-hybridized carbons (Fsp3) is 0.667. The van der Waals surface area contributed by atoms with Gasteiger partial charge in [-0.2, -0.15) is 11.8 Å². The van der Waals surface area contributed by atoms with Crippen molar-refractivity contribution in [3.8, 4) is 11.5 Å². The molecule has 0 aromatic heterocycles. The predicted molar refractivity (Wildman–Crippen MR) is 112 cm³/mol. The number of carbonyl (C=O) groups excluding carboxylic acids is 1. The fourth-order valence-electron chi connectivity index (χ4n) is 4.15. The normalized spacial score (nSPS) is 21.6. The van der Waals surface area contributed by atoms with Crippen molar-refractivity contribution >= 4 is 23.4 Å². The van der Waals surface area contributed by atoms with Crippen molar-refractivity contribution in [2.75, 3.05) is 44.1 Å². The summed E-state index contributed by atoms with van der Waals surface area (Å²) < 4.78 is 10.5. The standard InChI is InChI=1S/C21H32N2O3S/c1-25-19-12-17(13-20(14-19)26-2)22-21(24)6-5-16-4-3-9-23(15-16)18-7-10-27-11-8-18/h12-14,16,18H,3-11,15H2,1-2H3,(H,22,24)/t16-/m1/s1. The Kier molecular flexibility index (Phi) is 7.70. The number of rotatable bonds is 7. The van der Waals surface area contributed by atoms with Gasteiger partial charge in [0.25, 0.3) is 0 Å². The molecule has 150 valence electrons. The minimum Gasteiger partial charge on any atom is -0.497 e. The van der Waals surface area contributed by atoms with Gasteiger partial charge in [-0.1, -0.05) is 0 Å². The number of likely N-dealkylation sites (tertiary alicyclic amines) is 1. The zero-order valence-electron chi connectivity index (χ0n) is 16.5. The number of hydrogen-bond donors (Lipinski definition) is 1.